The number of benzene rings is 1. The van der Waals surface area contributed by atoms with Crippen LogP contribution in [0.3, 0.4) is 0 Å². The van der Waals surface area contributed by atoms with Crippen molar-refractivity contribution in [3.8, 4) is 0 Å². The van der Waals surface area contributed by atoms with Crippen LogP contribution in [0.5, 0.6) is 0 Å². The molecule has 0 aromatic heterocycles. The van der Waals surface area contributed by atoms with E-state index in [0.29, 0.717) is 0 Å². The molecule has 1 N–H and O–H groups in total. The van der Waals surface area contributed by atoms with Gasteiger partial charge < -0.3 is 9.57 Å². The van der Waals surface area contributed by atoms with Crippen molar-refractivity contribution in [3.63, 3.8) is 0 Å². The van der Waals surface area contributed by atoms with E-state index in [1.807, 2.05) is 30.3 Å². The van der Waals surface area contributed by atoms with E-state index in [1.54, 1.807) is 0 Å². The van der Waals surface area contributed by atoms with E-state index in [-0.39, 0.29) is 12.3 Å². The summed E-state index contributed by atoms with van der Waals surface area (Å²) in [4.78, 5) is 31.8. The van der Waals surface area contributed by atoms with Crippen LogP contribution in [0, 0.1) is 0 Å². The highest BCUT2D eigenvalue weighted by Crippen LogP contribution is 2.10. The van der Waals surface area contributed by atoms with Gasteiger partial charge in [-0.1, -0.05) is 35.5 Å². The maximum atomic E-state index is 11.6. The van der Waals surface area contributed by atoms with Crippen molar-refractivity contribution in [1.29, 1.82) is 0 Å². The van der Waals surface area contributed by atoms with E-state index in [4.69, 9.17) is 4.84 Å². The van der Waals surface area contributed by atoms with Gasteiger partial charge in [-0.2, -0.15) is 0 Å². The molecule has 0 saturated heterocycles. The lowest BCUT2D eigenvalue weighted by Gasteiger charge is -2.22. The smallest absolute Gasteiger partial charge is 0.320 e. The van der Waals surface area contributed by atoms with Crippen LogP contribution < -0.4 is 5.48 Å². The number of ether oxygens (including phenoxy) is 1. The van der Waals surface area contributed by atoms with Crippen LogP contribution in [-0.2, 0) is 30.6 Å². The zero-order chi connectivity index (χ0) is 13.7. The molecule has 1 aromatic rings. The van der Waals surface area contributed by atoms with E-state index >= 15 is 0 Å². The summed E-state index contributed by atoms with van der Waals surface area (Å²) in [5.41, 5.74) is 3.07. The maximum absolute atomic E-state index is 11.6. The average molecular weight is 264 g/mol. The number of carbonyl (C=O) groups is 2. The van der Waals surface area contributed by atoms with Gasteiger partial charge in [0.25, 0.3) is 0 Å². The summed E-state index contributed by atoms with van der Waals surface area (Å²) >= 11 is 0. The van der Waals surface area contributed by atoms with Crippen molar-refractivity contribution >= 4 is 17.6 Å². The Kier molecular flexibility index (Phi) is 4.09. The van der Waals surface area contributed by atoms with Gasteiger partial charge in [0.1, 0.15) is 0 Å². The molecule has 1 aromatic carbocycles. The van der Waals surface area contributed by atoms with Crippen LogP contribution in [0.4, 0.5) is 0 Å². The second kappa shape index (κ2) is 5.96. The number of amides is 1. The van der Waals surface area contributed by atoms with E-state index in [1.165, 1.54) is 6.92 Å². The standard InChI is InChI=1S/C12H12N2O5/c1-8(15)18-12-10(13-19-12)11(16)14-17-7-9-5-3-2-4-6-9/h2-6,12H,7H2,1H3,(H,14,16). The van der Waals surface area contributed by atoms with Crippen molar-refractivity contribution in [2.24, 2.45) is 5.16 Å². The predicted octanol–water partition coefficient (Wildman–Crippen LogP) is 0.510. The fourth-order valence-electron chi connectivity index (χ4n) is 1.34. The van der Waals surface area contributed by atoms with E-state index in [9.17, 15) is 9.59 Å². The summed E-state index contributed by atoms with van der Waals surface area (Å²) in [5.74, 6) is -1.16. The molecule has 1 atom stereocenters. The lowest BCUT2D eigenvalue weighted by atomic mass is 10.2. The van der Waals surface area contributed by atoms with Gasteiger partial charge in [-0.05, 0) is 5.56 Å². The van der Waals surface area contributed by atoms with Gasteiger partial charge in [-0.3, -0.25) is 14.4 Å². The Hall–Kier alpha value is -2.41. The molecule has 0 radical (unpaired) electrons. The Balaban J connectivity index is 1.75. The van der Waals surface area contributed by atoms with E-state index in [2.05, 4.69) is 20.2 Å². The Labute approximate surface area is 109 Å². The van der Waals surface area contributed by atoms with Crippen LogP contribution in [0.15, 0.2) is 35.5 Å². The van der Waals surface area contributed by atoms with Crippen molar-refractivity contribution in [2.45, 2.75) is 19.8 Å². The Morgan fingerprint density at radius 3 is 2.68 bits per heavy atom. The van der Waals surface area contributed by atoms with Crippen LogP contribution in [-0.4, -0.2) is 23.9 Å². The number of carbonyl (C=O) groups excluding carboxylic acids is 2. The minimum absolute atomic E-state index is 0.0386. The first kappa shape index (κ1) is 13.0. The maximum Gasteiger partial charge on any atom is 0.320 e. The molecule has 1 aliphatic heterocycles. The molecular formula is C12H12N2O5. The first-order valence-corrected chi connectivity index (χ1v) is 5.54. The minimum Gasteiger partial charge on any atom is -0.417 e. The highest BCUT2D eigenvalue weighted by molar-refractivity contribution is 6.41. The van der Waals surface area contributed by atoms with Gasteiger partial charge in [0.05, 0.1) is 6.61 Å². The molecule has 19 heavy (non-hydrogen) atoms. The van der Waals surface area contributed by atoms with Crippen molar-refractivity contribution in [1.82, 2.24) is 5.48 Å². The minimum atomic E-state index is -1.06. The molecule has 1 aliphatic rings. The summed E-state index contributed by atoms with van der Waals surface area (Å²) in [5, 5.41) is 3.38. The first-order valence-electron chi connectivity index (χ1n) is 5.54. The van der Waals surface area contributed by atoms with Gasteiger partial charge in [0, 0.05) is 6.92 Å². The molecular weight excluding hydrogens is 252 g/mol. The molecule has 0 bridgehead atoms. The monoisotopic (exact) mass is 264 g/mol. The fraction of sp³-hybridized carbons (Fsp3) is 0.250. The molecule has 0 saturated carbocycles. The van der Waals surface area contributed by atoms with Gasteiger partial charge in [-0.25, -0.2) is 5.48 Å². The van der Waals surface area contributed by atoms with Gasteiger partial charge >= 0.3 is 18.2 Å². The second-order valence-corrected chi connectivity index (χ2v) is 3.73. The molecule has 7 heteroatoms. The molecule has 1 amide bonds. The lowest BCUT2D eigenvalue weighted by molar-refractivity contribution is -0.172. The highest BCUT2D eigenvalue weighted by Gasteiger charge is 2.36. The number of nitrogens with one attached hydrogen (secondary N) is 1. The number of hydroxylamine groups is 1. The predicted molar refractivity (Wildman–Crippen MR) is 63.4 cm³/mol. The zero-order valence-electron chi connectivity index (χ0n) is 10.2. The SMILES string of the molecule is CC(=O)OC1ON=C1C(=O)NOCc1ccccc1. The summed E-state index contributed by atoms with van der Waals surface area (Å²) in [6.07, 6.45) is -1.06. The largest absolute Gasteiger partial charge is 0.417 e. The van der Waals surface area contributed by atoms with Gasteiger partial charge in [0.15, 0.2) is 0 Å². The first-order chi connectivity index (χ1) is 9.16. The number of hydrogen-bond acceptors (Lipinski definition) is 6. The number of nitrogens with zero attached hydrogens (tertiary/aromatic N) is 1. The molecule has 2 rings (SSSR count). The second-order valence-electron chi connectivity index (χ2n) is 3.73. The number of esters is 1. The third-order valence-electron chi connectivity index (χ3n) is 2.22. The number of oxime groups is 1. The fourth-order valence-corrected chi connectivity index (χ4v) is 1.34. The normalized spacial score (nSPS) is 16.7. The Bertz CT molecular complexity index is 500. The van der Waals surface area contributed by atoms with Crippen LogP contribution in [0.2, 0.25) is 0 Å². The van der Waals surface area contributed by atoms with E-state index in [0.717, 1.165) is 5.56 Å². The lowest BCUT2D eigenvalue weighted by Crippen LogP contribution is -2.46. The number of rotatable bonds is 5. The third-order valence-corrected chi connectivity index (χ3v) is 2.22. The van der Waals surface area contributed by atoms with Gasteiger partial charge in [-0.15, -0.1) is 0 Å². The average Bonchev–Trinajstić information content (AvgIpc) is 2.36. The molecule has 1 unspecified atom stereocenters. The van der Waals surface area contributed by atoms with Crippen molar-refractivity contribution < 1.29 is 24.0 Å². The quantitative estimate of drug-likeness (QED) is 0.618. The van der Waals surface area contributed by atoms with E-state index < -0.39 is 18.2 Å². The Morgan fingerprint density at radius 1 is 1.37 bits per heavy atom. The Morgan fingerprint density at radius 2 is 2.11 bits per heavy atom. The van der Waals surface area contributed by atoms with Crippen molar-refractivity contribution in [3.05, 3.63) is 35.9 Å². The van der Waals surface area contributed by atoms with Crippen LogP contribution in [0.1, 0.15) is 12.5 Å². The summed E-state index contributed by atoms with van der Waals surface area (Å²) < 4.78 is 4.68. The highest BCUT2D eigenvalue weighted by atomic mass is 16.8. The van der Waals surface area contributed by atoms with Crippen LogP contribution >= 0.6 is 0 Å². The third kappa shape index (κ3) is 3.52. The molecule has 1 heterocycles. The summed E-state index contributed by atoms with van der Waals surface area (Å²) in [6.45, 7) is 1.43. The molecule has 0 aliphatic carbocycles. The summed E-state index contributed by atoms with van der Waals surface area (Å²) in [7, 11) is 0. The summed E-state index contributed by atoms with van der Waals surface area (Å²) in [6, 6.07) is 9.32. The van der Waals surface area contributed by atoms with Crippen molar-refractivity contribution in [2.75, 3.05) is 0 Å². The van der Waals surface area contributed by atoms with Crippen LogP contribution in [0.25, 0.3) is 0 Å². The molecule has 7 nitrogen and oxygen atoms in total. The number of hydrogen-bond donors (Lipinski definition) is 1. The van der Waals surface area contributed by atoms with Gasteiger partial charge in [0.2, 0.25) is 5.71 Å². The zero-order valence-corrected chi connectivity index (χ0v) is 10.2. The molecule has 0 spiro atoms. The molecule has 100 valence electrons. The molecule has 0 fully saturated rings. The topological polar surface area (TPSA) is 86.2 Å².